The number of hydrogen-bond donors (Lipinski definition) is 2. The third kappa shape index (κ3) is 4.09. The Morgan fingerprint density at radius 3 is 2.93 bits per heavy atom. The Balaban J connectivity index is 2.07. The molecule has 3 nitrogen and oxygen atoms in total. The molecule has 2 N–H and O–H groups in total. The van der Waals surface area contributed by atoms with Crippen molar-refractivity contribution in [1.29, 1.82) is 0 Å². The summed E-state index contributed by atoms with van der Waals surface area (Å²) in [5.41, 5.74) is 0. The standard InChI is InChI=1S/C11H22N2O/c1-3-4-5-6-9(2)13-10-7-11(14)12-8-10/h9-10,13H,3-8H2,1-2H3,(H,12,14). The van der Waals surface area contributed by atoms with Gasteiger partial charge in [-0.05, 0) is 13.3 Å². The number of carbonyl (C=O) groups excluding carboxylic acids is 1. The average Bonchev–Trinajstić information content (AvgIpc) is 2.52. The summed E-state index contributed by atoms with van der Waals surface area (Å²) >= 11 is 0. The van der Waals surface area contributed by atoms with Crippen molar-refractivity contribution in [2.75, 3.05) is 6.54 Å². The summed E-state index contributed by atoms with van der Waals surface area (Å²) in [6, 6.07) is 0.901. The van der Waals surface area contributed by atoms with Gasteiger partial charge in [-0.3, -0.25) is 4.79 Å². The van der Waals surface area contributed by atoms with E-state index in [1.54, 1.807) is 0 Å². The van der Waals surface area contributed by atoms with E-state index in [1.165, 1.54) is 25.7 Å². The largest absolute Gasteiger partial charge is 0.354 e. The summed E-state index contributed by atoms with van der Waals surface area (Å²) in [5.74, 6) is 0.184. The molecule has 2 unspecified atom stereocenters. The molecule has 3 heteroatoms. The van der Waals surface area contributed by atoms with Gasteiger partial charge >= 0.3 is 0 Å². The highest BCUT2D eigenvalue weighted by molar-refractivity contribution is 5.78. The van der Waals surface area contributed by atoms with Crippen LogP contribution >= 0.6 is 0 Å². The first-order valence-corrected chi connectivity index (χ1v) is 5.75. The smallest absolute Gasteiger partial charge is 0.221 e. The van der Waals surface area contributed by atoms with Gasteiger partial charge in [-0.15, -0.1) is 0 Å². The molecule has 0 aromatic rings. The Labute approximate surface area is 86.6 Å². The van der Waals surface area contributed by atoms with Crippen molar-refractivity contribution in [3.63, 3.8) is 0 Å². The van der Waals surface area contributed by atoms with Crippen molar-refractivity contribution in [3.05, 3.63) is 0 Å². The van der Waals surface area contributed by atoms with Gasteiger partial charge in [0.15, 0.2) is 0 Å². The van der Waals surface area contributed by atoms with Crippen LogP contribution in [0.15, 0.2) is 0 Å². The third-order valence-electron chi connectivity index (χ3n) is 2.74. The normalized spacial score (nSPS) is 23.6. The highest BCUT2D eigenvalue weighted by atomic mass is 16.1. The van der Waals surface area contributed by atoms with Gasteiger partial charge in [-0.25, -0.2) is 0 Å². The van der Waals surface area contributed by atoms with E-state index in [2.05, 4.69) is 24.5 Å². The second-order valence-corrected chi connectivity index (χ2v) is 4.27. The number of nitrogens with one attached hydrogen (secondary N) is 2. The van der Waals surface area contributed by atoms with E-state index in [4.69, 9.17) is 0 Å². The zero-order chi connectivity index (χ0) is 10.4. The van der Waals surface area contributed by atoms with Gasteiger partial charge in [-0.1, -0.05) is 26.2 Å². The lowest BCUT2D eigenvalue weighted by molar-refractivity contribution is -0.119. The van der Waals surface area contributed by atoms with E-state index in [9.17, 15) is 4.79 Å². The Morgan fingerprint density at radius 1 is 1.57 bits per heavy atom. The first-order valence-electron chi connectivity index (χ1n) is 5.75. The number of unbranched alkanes of at least 4 members (excludes halogenated alkanes) is 2. The number of hydrogen-bond acceptors (Lipinski definition) is 2. The molecule has 1 amide bonds. The van der Waals surface area contributed by atoms with E-state index >= 15 is 0 Å². The fourth-order valence-electron chi connectivity index (χ4n) is 1.91. The quantitative estimate of drug-likeness (QED) is 0.634. The molecule has 0 spiro atoms. The fraction of sp³-hybridized carbons (Fsp3) is 0.909. The van der Waals surface area contributed by atoms with Crippen LogP contribution in [-0.4, -0.2) is 24.5 Å². The summed E-state index contributed by atoms with van der Waals surface area (Å²) < 4.78 is 0. The monoisotopic (exact) mass is 198 g/mol. The van der Waals surface area contributed by atoms with Crippen LogP contribution in [0.25, 0.3) is 0 Å². The lowest BCUT2D eigenvalue weighted by Gasteiger charge is -2.17. The molecule has 2 atom stereocenters. The summed E-state index contributed by atoms with van der Waals surface area (Å²) in [7, 11) is 0. The number of amides is 1. The van der Waals surface area contributed by atoms with Gasteiger partial charge < -0.3 is 10.6 Å². The van der Waals surface area contributed by atoms with E-state index in [0.29, 0.717) is 18.5 Å². The maximum absolute atomic E-state index is 10.9. The average molecular weight is 198 g/mol. The fourth-order valence-corrected chi connectivity index (χ4v) is 1.91. The molecule has 0 radical (unpaired) electrons. The lowest BCUT2D eigenvalue weighted by Crippen LogP contribution is -2.37. The summed E-state index contributed by atoms with van der Waals surface area (Å²) in [6.45, 7) is 5.23. The molecule has 82 valence electrons. The van der Waals surface area contributed by atoms with Gasteiger partial charge in [0.05, 0.1) is 0 Å². The van der Waals surface area contributed by atoms with Crippen LogP contribution in [0.2, 0.25) is 0 Å². The van der Waals surface area contributed by atoms with Crippen LogP contribution in [0, 0.1) is 0 Å². The van der Waals surface area contributed by atoms with Gasteiger partial charge in [0.25, 0.3) is 0 Å². The molecule has 0 saturated carbocycles. The molecule has 0 aliphatic carbocycles. The molecule has 1 aliphatic heterocycles. The summed E-state index contributed by atoms with van der Waals surface area (Å²) in [5, 5.41) is 6.33. The highest BCUT2D eigenvalue weighted by Crippen LogP contribution is 2.06. The summed E-state index contributed by atoms with van der Waals surface area (Å²) in [4.78, 5) is 10.9. The molecule has 14 heavy (non-hydrogen) atoms. The Bertz CT molecular complexity index is 182. The van der Waals surface area contributed by atoms with Crippen LogP contribution in [0.4, 0.5) is 0 Å². The van der Waals surface area contributed by atoms with Gasteiger partial charge in [-0.2, -0.15) is 0 Å². The predicted molar refractivity (Wildman–Crippen MR) is 58.2 cm³/mol. The number of rotatable bonds is 6. The molecule has 0 aromatic carbocycles. The van der Waals surface area contributed by atoms with Crippen LogP contribution < -0.4 is 10.6 Å². The summed E-state index contributed by atoms with van der Waals surface area (Å²) in [6.07, 6.45) is 5.75. The van der Waals surface area contributed by atoms with E-state index in [1.807, 2.05) is 0 Å². The first-order chi connectivity index (χ1) is 6.72. The van der Waals surface area contributed by atoms with Crippen molar-refractivity contribution in [1.82, 2.24) is 10.6 Å². The number of carbonyl (C=O) groups is 1. The SMILES string of the molecule is CCCCCC(C)NC1CNC(=O)C1. The minimum Gasteiger partial charge on any atom is -0.354 e. The predicted octanol–water partition coefficient (Wildman–Crippen LogP) is 1.43. The highest BCUT2D eigenvalue weighted by Gasteiger charge is 2.21. The van der Waals surface area contributed by atoms with Gasteiger partial charge in [0, 0.05) is 25.0 Å². The van der Waals surface area contributed by atoms with Crippen LogP contribution in [0.3, 0.4) is 0 Å². The van der Waals surface area contributed by atoms with Crippen molar-refractivity contribution >= 4 is 5.91 Å². The van der Waals surface area contributed by atoms with E-state index in [0.717, 1.165) is 6.54 Å². The molecular formula is C11H22N2O. The molecular weight excluding hydrogens is 176 g/mol. The molecule has 1 aliphatic rings. The topological polar surface area (TPSA) is 41.1 Å². The van der Waals surface area contributed by atoms with Crippen molar-refractivity contribution < 1.29 is 4.79 Å². The maximum atomic E-state index is 10.9. The minimum absolute atomic E-state index is 0.184. The Hall–Kier alpha value is -0.570. The van der Waals surface area contributed by atoms with E-state index in [-0.39, 0.29) is 5.91 Å². The van der Waals surface area contributed by atoms with Crippen molar-refractivity contribution in [2.24, 2.45) is 0 Å². The van der Waals surface area contributed by atoms with E-state index < -0.39 is 0 Å². The Kier molecular flexibility index (Phi) is 4.94. The first kappa shape index (κ1) is 11.5. The Morgan fingerprint density at radius 2 is 2.36 bits per heavy atom. The van der Waals surface area contributed by atoms with Gasteiger partial charge in [0.1, 0.15) is 0 Å². The molecule has 1 saturated heterocycles. The van der Waals surface area contributed by atoms with Crippen LogP contribution in [0.5, 0.6) is 0 Å². The zero-order valence-electron chi connectivity index (χ0n) is 9.31. The second kappa shape index (κ2) is 6.02. The second-order valence-electron chi connectivity index (χ2n) is 4.27. The third-order valence-corrected chi connectivity index (χ3v) is 2.74. The van der Waals surface area contributed by atoms with Crippen LogP contribution in [0.1, 0.15) is 46.0 Å². The molecule has 0 bridgehead atoms. The molecule has 0 aromatic heterocycles. The molecule has 1 heterocycles. The van der Waals surface area contributed by atoms with Crippen molar-refractivity contribution in [2.45, 2.75) is 58.0 Å². The van der Waals surface area contributed by atoms with Gasteiger partial charge in [0.2, 0.25) is 5.91 Å². The maximum Gasteiger partial charge on any atom is 0.221 e. The zero-order valence-corrected chi connectivity index (χ0v) is 9.31. The molecule has 1 fully saturated rings. The van der Waals surface area contributed by atoms with Crippen LogP contribution in [-0.2, 0) is 4.79 Å². The lowest BCUT2D eigenvalue weighted by atomic mass is 10.1. The minimum atomic E-state index is 0.184. The van der Waals surface area contributed by atoms with Crippen molar-refractivity contribution in [3.8, 4) is 0 Å². The molecule has 1 rings (SSSR count).